The Morgan fingerprint density at radius 2 is 0.528 bits per heavy atom. The zero-order chi connectivity index (χ0) is 25.2. The highest BCUT2D eigenvalue weighted by atomic mass is 28.3. The van der Waals surface area contributed by atoms with E-state index in [2.05, 4.69) is 136 Å². The van der Waals surface area contributed by atoms with E-state index in [1.165, 1.54) is 54.2 Å². The van der Waals surface area contributed by atoms with Gasteiger partial charge in [-0.05, 0) is 64.6 Å². The lowest BCUT2D eigenvalue weighted by Crippen LogP contribution is -2.44. The van der Waals surface area contributed by atoms with Gasteiger partial charge < -0.3 is 0 Å². The fourth-order valence-corrected chi connectivity index (χ4v) is 10.4. The maximum atomic E-state index is 2.52. The first-order chi connectivity index (χ1) is 17.2. The van der Waals surface area contributed by atoms with Crippen LogP contribution in [0.1, 0.15) is 0 Å². The van der Waals surface area contributed by atoms with Crippen LogP contribution in [0.4, 0.5) is 0 Å². The molecular weight excluding hydrogens is 465 g/mol. The Hall–Kier alpha value is -3.21. The summed E-state index contributed by atoms with van der Waals surface area (Å²) in [7, 11) is -3.53. The Kier molecular flexibility index (Phi) is 5.26. The van der Waals surface area contributed by atoms with Gasteiger partial charge >= 0.3 is 0 Å². The van der Waals surface area contributed by atoms with Gasteiger partial charge in [-0.3, -0.25) is 0 Å². The SMILES string of the molecule is C[Si](C)(C)c1c(-c2c([Si](C)(C)C)c3ccccc3c3ccccc23)c2ccccc2c2ccccc12. The minimum Gasteiger partial charge on any atom is -0.0656 e. The quantitative estimate of drug-likeness (QED) is 0.169. The van der Waals surface area contributed by atoms with Crippen LogP contribution in [-0.2, 0) is 0 Å². The normalized spacial score (nSPS) is 12.7. The van der Waals surface area contributed by atoms with Crippen LogP contribution in [0.5, 0.6) is 0 Å². The van der Waals surface area contributed by atoms with Crippen molar-refractivity contribution in [2.24, 2.45) is 0 Å². The molecular formula is C34H34Si2. The average Bonchev–Trinajstić information content (AvgIpc) is 2.86. The molecule has 0 N–H and O–H groups in total. The summed E-state index contributed by atoms with van der Waals surface area (Å²) in [4.78, 5) is 0. The molecule has 0 unspecified atom stereocenters. The van der Waals surface area contributed by atoms with Gasteiger partial charge in [-0.25, -0.2) is 0 Å². The molecule has 0 heterocycles. The second-order valence-electron chi connectivity index (χ2n) is 12.2. The third-order valence-corrected chi connectivity index (χ3v) is 11.7. The van der Waals surface area contributed by atoms with Crippen LogP contribution in [-0.4, -0.2) is 16.1 Å². The Balaban J connectivity index is 2.00. The minimum atomic E-state index is -1.76. The van der Waals surface area contributed by atoms with Gasteiger partial charge in [-0.2, -0.15) is 0 Å². The summed E-state index contributed by atoms with van der Waals surface area (Å²) < 4.78 is 0. The summed E-state index contributed by atoms with van der Waals surface area (Å²) in [5.74, 6) is 0. The highest BCUT2D eigenvalue weighted by molar-refractivity contribution is 6.94. The first-order valence-electron chi connectivity index (χ1n) is 13.1. The minimum absolute atomic E-state index is 1.36. The fourth-order valence-electron chi connectivity index (χ4n) is 6.36. The number of hydrogen-bond acceptors (Lipinski definition) is 0. The van der Waals surface area contributed by atoms with Crippen LogP contribution in [0.3, 0.4) is 0 Å². The van der Waals surface area contributed by atoms with E-state index in [4.69, 9.17) is 0 Å². The Morgan fingerprint density at radius 1 is 0.306 bits per heavy atom. The maximum Gasteiger partial charge on any atom is 0.0792 e. The van der Waals surface area contributed by atoms with E-state index in [0.717, 1.165) is 0 Å². The molecule has 2 heteroatoms. The summed E-state index contributed by atoms with van der Waals surface area (Å²) in [6.07, 6.45) is 0. The van der Waals surface area contributed by atoms with Gasteiger partial charge in [0, 0.05) is 0 Å². The lowest BCUT2D eigenvalue weighted by molar-refractivity contribution is 1.68. The van der Waals surface area contributed by atoms with Gasteiger partial charge in [0.2, 0.25) is 0 Å². The molecule has 6 rings (SSSR count). The zero-order valence-corrected chi connectivity index (χ0v) is 24.2. The smallest absolute Gasteiger partial charge is 0.0656 e. The molecule has 0 aliphatic heterocycles. The lowest BCUT2D eigenvalue weighted by atomic mass is 9.88. The Labute approximate surface area is 216 Å². The Morgan fingerprint density at radius 3 is 0.806 bits per heavy atom. The summed E-state index contributed by atoms with van der Waals surface area (Å²) in [6.45, 7) is 15.1. The van der Waals surface area contributed by atoms with Crippen molar-refractivity contribution in [2.45, 2.75) is 39.3 Å². The molecule has 178 valence electrons. The van der Waals surface area contributed by atoms with Gasteiger partial charge in [0.25, 0.3) is 0 Å². The molecule has 36 heavy (non-hydrogen) atoms. The van der Waals surface area contributed by atoms with E-state index in [0.29, 0.717) is 0 Å². The van der Waals surface area contributed by atoms with E-state index < -0.39 is 16.1 Å². The van der Waals surface area contributed by atoms with E-state index in [-0.39, 0.29) is 0 Å². The molecule has 0 spiro atoms. The molecule has 0 radical (unpaired) electrons. The average molecular weight is 499 g/mol. The molecule has 6 aromatic rings. The number of hydrogen-bond donors (Lipinski definition) is 0. The topological polar surface area (TPSA) is 0 Å². The highest BCUT2D eigenvalue weighted by Gasteiger charge is 2.32. The van der Waals surface area contributed by atoms with E-state index in [1.807, 2.05) is 0 Å². The summed E-state index contributed by atoms with van der Waals surface area (Å²) in [5.41, 5.74) is 2.98. The van der Waals surface area contributed by atoms with Crippen molar-refractivity contribution in [3.05, 3.63) is 97.1 Å². The van der Waals surface area contributed by atoms with Gasteiger partial charge in [0.1, 0.15) is 0 Å². The highest BCUT2D eigenvalue weighted by Crippen LogP contribution is 2.41. The van der Waals surface area contributed by atoms with Gasteiger partial charge in [-0.15, -0.1) is 0 Å². The predicted octanol–water partition coefficient (Wildman–Crippen LogP) is 9.06. The van der Waals surface area contributed by atoms with Crippen molar-refractivity contribution in [2.75, 3.05) is 0 Å². The second-order valence-corrected chi connectivity index (χ2v) is 22.2. The molecule has 0 atom stereocenters. The first-order valence-corrected chi connectivity index (χ1v) is 20.1. The first kappa shape index (κ1) is 23.2. The maximum absolute atomic E-state index is 2.52. The van der Waals surface area contributed by atoms with Crippen LogP contribution in [0.2, 0.25) is 39.3 Å². The molecule has 0 nitrogen and oxygen atoms in total. The van der Waals surface area contributed by atoms with E-state index in [9.17, 15) is 0 Å². The lowest BCUT2D eigenvalue weighted by Gasteiger charge is -2.31. The number of fused-ring (bicyclic) bond motifs is 6. The number of benzene rings is 6. The largest absolute Gasteiger partial charge is 0.0792 e. The van der Waals surface area contributed by atoms with Gasteiger partial charge in [-0.1, -0.05) is 136 Å². The summed E-state index contributed by atoms with van der Waals surface area (Å²) in [6, 6.07) is 36.5. The van der Waals surface area contributed by atoms with E-state index in [1.54, 1.807) is 10.4 Å². The van der Waals surface area contributed by atoms with Crippen LogP contribution in [0.25, 0.3) is 54.2 Å². The van der Waals surface area contributed by atoms with Crippen LogP contribution < -0.4 is 10.4 Å². The molecule has 0 bridgehead atoms. The van der Waals surface area contributed by atoms with Crippen molar-refractivity contribution in [1.82, 2.24) is 0 Å². The van der Waals surface area contributed by atoms with Crippen molar-refractivity contribution < 1.29 is 0 Å². The molecule has 0 aliphatic carbocycles. The zero-order valence-electron chi connectivity index (χ0n) is 22.2. The van der Waals surface area contributed by atoms with Crippen LogP contribution >= 0.6 is 0 Å². The Bertz CT molecular complexity index is 1660. The van der Waals surface area contributed by atoms with Crippen molar-refractivity contribution in [1.29, 1.82) is 0 Å². The third-order valence-electron chi connectivity index (χ3n) is 7.62. The summed E-state index contributed by atoms with van der Waals surface area (Å²) >= 11 is 0. The van der Waals surface area contributed by atoms with Crippen molar-refractivity contribution >= 4 is 69.6 Å². The molecule has 6 aromatic carbocycles. The summed E-state index contributed by atoms with van der Waals surface area (Å²) in [5, 5.41) is 14.3. The van der Waals surface area contributed by atoms with Crippen LogP contribution in [0.15, 0.2) is 97.1 Å². The van der Waals surface area contributed by atoms with Gasteiger partial charge in [0.05, 0.1) is 16.1 Å². The standard InChI is InChI=1S/C34H34Si2/c1-35(2,3)33-29-21-13-9-17-25(29)23-15-7-11-19-27(23)31(33)32-28-20-12-8-16-24(28)26-18-10-14-22-30(26)34(32)36(4,5)6/h7-22H,1-6H3. The van der Waals surface area contributed by atoms with E-state index >= 15 is 0 Å². The molecule has 0 saturated heterocycles. The fraction of sp³-hybridized carbons (Fsp3) is 0.176. The van der Waals surface area contributed by atoms with Gasteiger partial charge in [0.15, 0.2) is 0 Å². The molecule has 0 aromatic heterocycles. The molecule has 0 aliphatic rings. The number of rotatable bonds is 3. The second kappa shape index (κ2) is 8.16. The molecule has 0 fully saturated rings. The molecule has 0 saturated carbocycles. The third kappa shape index (κ3) is 3.47. The van der Waals surface area contributed by atoms with Crippen molar-refractivity contribution in [3.8, 4) is 11.1 Å². The monoisotopic (exact) mass is 498 g/mol. The molecule has 0 amide bonds. The van der Waals surface area contributed by atoms with Crippen LogP contribution in [0, 0.1) is 0 Å². The predicted molar refractivity (Wildman–Crippen MR) is 168 cm³/mol. The van der Waals surface area contributed by atoms with Crippen molar-refractivity contribution in [3.63, 3.8) is 0 Å².